The molecule has 4 nitrogen and oxygen atoms in total. The molecule has 0 aromatic heterocycles. The molecule has 1 saturated heterocycles. The average Bonchev–Trinajstić information content (AvgIpc) is 2.45. The van der Waals surface area contributed by atoms with E-state index in [4.69, 9.17) is 0 Å². The van der Waals surface area contributed by atoms with Crippen molar-refractivity contribution in [1.82, 2.24) is 4.31 Å². The molecule has 0 bridgehead atoms. The minimum absolute atomic E-state index is 0.0719. The molecule has 1 fully saturated rings. The Morgan fingerprint density at radius 3 is 2.57 bits per heavy atom. The van der Waals surface area contributed by atoms with Gasteiger partial charge >= 0.3 is 0 Å². The van der Waals surface area contributed by atoms with Crippen molar-refractivity contribution >= 4 is 27.6 Å². The number of sulfonamides is 1. The number of benzene rings is 1. The summed E-state index contributed by atoms with van der Waals surface area (Å²) in [7, 11) is -3.07. The van der Waals surface area contributed by atoms with Crippen LogP contribution in [0.15, 0.2) is 29.2 Å². The van der Waals surface area contributed by atoms with Gasteiger partial charge in [-0.15, -0.1) is 11.8 Å². The van der Waals surface area contributed by atoms with Crippen molar-refractivity contribution in [2.75, 3.05) is 25.1 Å². The highest BCUT2D eigenvalue weighted by Crippen LogP contribution is 2.27. The summed E-state index contributed by atoms with van der Waals surface area (Å²) in [4.78, 5) is 12.3. The van der Waals surface area contributed by atoms with E-state index >= 15 is 0 Å². The lowest BCUT2D eigenvalue weighted by atomic mass is 10.0. The molecule has 1 aliphatic heterocycles. The summed E-state index contributed by atoms with van der Waals surface area (Å²) in [5, 5.41) is 0. The van der Waals surface area contributed by atoms with Crippen molar-refractivity contribution in [3.8, 4) is 0 Å². The first-order chi connectivity index (χ1) is 9.86. The summed E-state index contributed by atoms with van der Waals surface area (Å²) in [6.07, 6.45) is 3.29. The quantitative estimate of drug-likeness (QED) is 0.616. The maximum atomic E-state index is 11.6. The van der Waals surface area contributed by atoms with E-state index in [1.807, 2.05) is 24.3 Å². The van der Waals surface area contributed by atoms with Gasteiger partial charge < -0.3 is 0 Å². The van der Waals surface area contributed by atoms with Crippen LogP contribution in [0.5, 0.6) is 0 Å². The van der Waals surface area contributed by atoms with E-state index in [2.05, 4.69) is 0 Å². The largest absolute Gasteiger partial charge is 0.295 e. The first-order valence-electron chi connectivity index (χ1n) is 7.05. The van der Waals surface area contributed by atoms with Gasteiger partial charge in [0.1, 0.15) is 0 Å². The molecule has 21 heavy (non-hydrogen) atoms. The third-order valence-electron chi connectivity index (χ3n) is 3.70. The molecule has 0 amide bonds. The van der Waals surface area contributed by atoms with Crippen LogP contribution in [-0.2, 0) is 10.0 Å². The maximum Gasteiger partial charge on any atom is 0.211 e. The third-order valence-corrected chi connectivity index (χ3v) is 6.21. The van der Waals surface area contributed by atoms with Crippen molar-refractivity contribution in [1.29, 1.82) is 0 Å². The van der Waals surface area contributed by atoms with Crippen molar-refractivity contribution < 1.29 is 13.2 Å². The van der Waals surface area contributed by atoms with Crippen molar-refractivity contribution in [3.63, 3.8) is 0 Å². The topological polar surface area (TPSA) is 54.5 Å². The van der Waals surface area contributed by atoms with Gasteiger partial charge in [0.15, 0.2) is 5.78 Å². The number of ketones is 1. The standard InChI is InChI=1S/C15H21NO3S2/c1-12(17)14-5-7-15(8-6-14)20-11-13-4-3-9-16(10-13)21(2,18)19/h5-8,13H,3-4,9-11H2,1-2H3. The zero-order chi connectivity index (χ0) is 15.5. The van der Waals surface area contributed by atoms with E-state index in [0.29, 0.717) is 19.0 Å². The molecule has 0 radical (unpaired) electrons. The molecule has 0 N–H and O–H groups in total. The fourth-order valence-electron chi connectivity index (χ4n) is 2.46. The fourth-order valence-corrected chi connectivity index (χ4v) is 4.44. The summed E-state index contributed by atoms with van der Waals surface area (Å²) in [6.45, 7) is 2.83. The Balaban J connectivity index is 1.89. The predicted molar refractivity (Wildman–Crippen MR) is 86.3 cm³/mol. The molecule has 0 spiro atoms. The number of carbonyl (C=O) groups excluding carboxylic acids is 1. The second kappa shape index (κ2) is 6.94. The molecule has 1 aromatic carbocycles. The summed E-state index contributed by atoms with van der Waals surface area (Å²) >= 11 is 1.73. The van der Waals surface area contributed by atoms with Crippen molar-refractivity contribution in [2.45, 2.75) is 24.7 Å². The van der Waals surface area contributed by atoms with Gasteiger partial charge in [-0.25, -0.2) is 12.7 Å². The molecule has 1 heterocycles. The predicted octanol–water partition coefficient (Wildman–Crippen LogP) is 2.65. The number of thioether (sulfide) groups is 1. The monoisotopic (exact) mass is 327 g/mol. The van der Waals surface area contributed by atoms with Crippen molar-refractivity contribution in [3.05, 3.63) is 29.8 Å². The Kier molecular flexibility index (Phi) is 5.46. The summed E-state index contributed by atoms with van der Waals surface area (Å²) in [6, 6.07) is 7.60. The van der Waals surface area contributed by atoms with Crippen LogP contribution in [0.1, 0.15) is 30.1 Å². The van der Waals surface area contributed by atoms with Gasteiger partial charge in [0.25, 0.3) is 0 Å². The highest BCUT2D eigenvalue weighted by molar-refractivity contribution is 7.99. The average molecular weight is 327 g/mol. The maximum absolute atomic E-state index is 11.6. The molecule has 0 saturated carbocycles. The SMILES string of the molecule is CC(=O)c1ccc(SCC2CCCN(S(C)(=O)=O)C2)cc1. The first kappa shape index (κ1) is 16.5. The van der Waals surface area contributed by atoms with Crippen LogP contribution in [0.4, 0.5) is 0 Å². The number of carbonyl (C=O) groups is 1. The summed E-state index contributed by atoms with van der Waals surface area (Å²) in [5.74, 6) is 1.37. The lowest BCUT2D eigenvalue weighted by molar-refractivity contribution is 0.101. The van der Waals surface area contributed by atoms with Crippen LogP contribution in [-0.4, -0.2) is 43.6 Å². The number of piperidine rings is 1. The van der Waals surface area contributed by atoms with E-state index in [-0.39, 0.29) is 5.78 Å². The molecule has 116 valence electrons. The third kappa shape index (κ3) is 4.83. The van der Waals surface area contributed by atoms with Gasteiger partial charge in [-0.05, 0) is 37.8 Å². The van der Waals surface area contributed by atoms with Gasteiger partial charge in [-0.1, -0.05) is 12.1 Å². The van der Waals surface area contributed by atoms with Gasteiger partial charge in [0, 0.05) is 29.3 Å². The van der Waals surface area contributed by atoms with Gasteiger partial charge in [0.05, 0.1) is 6.26 Å². The molecule has 1 unspecified atom stereocenters. The lowest BCUT2D eigenvalue weighted by Gasteiger charge is -2.30. The van der Waals surface area contributed by atoms with Crippen LogP contribution in [0.2, 0.25) is 0 Å². The van der Waals surface area contributed by atoms with Crippen molar-refractivity contribution in [2.24, 2.45) is 5.92 Å². The molecular weight excluding hydrogens is 306 g/mol. The lowest BCUT2D eigenvalue weighted by Crippen LogP contribution is -2.39. The molecule has 1 aliphatic rings. The number of nitrogens with zero attached hydrogens (tertiary/aromatic N) is 1. The number of rotatable bonds is 5. The van der Waals surface area contributed by atoms with Crippen LogP contribution in [0.3, 0.4) is 0 Å². The minimum atomic E-state index is -3.07. The molecule has 1 atom stereocenters. The zero-order valence-electron chi connectivity index (χ0n) is 12.4. The Morgan fingerprint density at radius 1 is 1.33 bits per heavy atom. The molecule has 0 aliphatic carbocycles. The molecule has 6 heteroatoms. The molecular formula is C15H21NO3S2. The van der Waals surface area contributed by atoms with Crippen LogP contribution < -0.4 is 0 Å². The Bertz CT molecular complexity index is 596. The smallest absolute Gasteiger partial charge is 0.211 e. The first-order valence-corrected chi connectivity index (χ1v) is 9.88. The number of hydrogen-bond acceptors (Lipinski definition) is 4. The van der Waals surface area contributed by atoms with Crippen LogP contribution >= 0.6 is 11.8 Å². The molecule has 1 aromatic rings. The molecule has 2 rings (SSSR count). The Hall–Kier alpha value is -0.850. The summed E-state index contributed by atoms with van der Waals surface area (Å²) in [5.41, 5.74) is 0.722. The highest BCUT2D eigenvalue weighted by Gasteiger charge is 2.25. The van der Waals surface area contributed by atoms with E-state index in [1.165, 1.54) is 6.26 Å². The van der Waals surface area contributed by atoms with Crippen LogP contribution in [0, 0.1) is 5.92 Å². The zero-order valence-corrected chi connectivity index (χ0v) is 14.0. The second-order valence-corrected chi connectivity index (χ2v) is 8.60. The van der Waals surface area contributed by atoms with Gasteiger partial charge in [-0.2, -0.15) is 0 Å². The normalized spacial score (nSPS) is 20.4. The van der Waals surface area contributed by atoms with Crippen LogP contribution in [0.25, 0.3) is 0 Å². The second-order valence-electron chi connectivity index (χ2n) is 5.52. The fraction of sp³-hybridized carbons (Fsp3) is 0.533. The van der Waals surface area contributed by atoms with Gasteiger partial charge in [-0.3, -0.25) is 4.79 Å². The van der Waals surface area contributed by atoms with E-state index in [9.17, 15) is 13.2 Å². The van der Waals surface area contributed by atoms with E-state index in [0.717, 1.165) is 29.1 Å². The number of Topliss-reactive ketones (excluding diaryl/α,β-unsaturated/α-hetero) is 1. The van der Waals surface area contributed by atoms with E-state index in [1.54, 1.807) is 23.0 Å². The van der Waals surface area contributed by atoms with Gasteiger partial charge in [0.2, 0.25) is 10.0 Å². The van der Waals surface area contributed by atoms with E-state index < -0.39 is 10.0 Å². The Labute approximate surface area is 131 Å². The summed E-state index contributed by atoms with van der Waals surface area (Å²) < 4.78 is 24.8. The number of hydrogen-bond donors (Lipinski definition) is 0. The highest BCUT2D eigenvalue weighted by atomic mass is 32.2. The minimum Gasteiger partial charge on any atom is -0.295 e. The Morgan fingerprint density at radius 2 is 2.00 bits per heavy atom.